The Morgan fingerprint density at radius 1 is 0.729 bits per heavy atom. The van der Waals surface area contributed by atoms with Crippen LogP contribution in [-0.4, -0.2) is 240 Å². The summed E-state index contributed by atoms with van der Waals surface area (Å²) in [5.74, 6) is -7.24. The van der Waals surface area contributed by atoms with Crippen molar-refractivity contribution >= 4 is 66.5 Å². The first-order valence-electron chi connectivity index (χ1n) is 34.8. The average Bonchev–Trinajstić information content (AvgIpc) is 0.793. The molecule has 2 fully saturated rings. The van der Waals surface area contributed by atoms with Gasteiger partial charge in [-0.1, -0.05) is 106 Å². The maximum Gasteiger partial charge on any atom is 0.253 e. The van der Waals surface area contributed by atoms with Gasteiger partial charge in [0.25, 0.3) is 5.91 Å². The number of amides is 7. The second-order valence-corrected chi connectivity index (χ2v) is 29.5. The van der Waals surface area contributed by atoms with Gasteiger partial charge in [0, 0.05) is 41.8 Å². The van der Waals surface area contributed by atoms with Gasteiger partial charge in [-0.05, 0) is 158 Å². The van der Waals surface area contributed by atoms with E-state index in [-0.39, 0.29) is 94.0 Å². The van der Waals surface area contributed by atoms with Crippen molar-refractivity contribution in [3.05, 3.63) is 35.9 Å². The highest BCUT2D eigenvalue weighted by atomic mass is 16.5. The van der Waals surface area contributed by atoms with Crippen LogP contribution >= 0.6 is 0 Å². The van der Waals surface area contributed by atoms with E-state index >= 15 is 9.59 Å². The van der Waals surface area contributed by atoms with E-state index in [0.29, 0.717) is 56.9 Å². The van der Waals surface area contributed by atoms with Crippen molar-refractivity contribution in [2.24, 2.45) is 47.2 Å². The Hall–Kier alpha value is -6.09. The fourth-order valence-corrected chi connectivity index (χ4v) is 13.5. The number of carbonyl (C=O) groups is 11. The number of carbonyl (C=O) groups excluding carboxylic acids is 11. The summed E-state index contributed by atoms with van der Waals surface area (Å²) in [6.45, 7) is 22.5. The summed E-state index contributed by atoms with van der Waals surface area (Å²) in [6, 6.07) is 5.67. The number of benzene rings is 1. The number of hydrogen-bond donors (Lipinski definition) is 7. The summed E-state index contributed by atoms with van der Waals surface area (Å²) in [5, 5.41) is 35.4. The van der Waals surface area contributed by atoms with Crippen LogP contribution in [0.5, 0.6) is 0 Å². The Morgan fingerprint density at radius 3 is 1.83 bits per heavy atom. The van der Waals surface area contributed by atoms with Gasteiger partial charge in [0.15, 0.2) is 35.9 Å². The minimum absolute atomic E-state index is 0.0336. The number of nitrogens with one attached hydrogen (secondary N) is 4. The van der Waals surface area contributed by atoms with Crippen molar-refractivity contribution in [1.29, 1.82) is 0 Å². The van der Waals surface area contributed by atoms with Crippen molar-refractivity contribution in [2.45, 2.75) is 232 Å². The molecule has 0 saturated carbocycles. The molecule has 2 saturated heterocycles. The summed E-state index contributed by atoms with van der Waals surface area (Å²) in [6.07, 6.45) is 1.81. The summed E-state index contributed by atoms with van der Waals surface area (Å²) in [4.78, 5) is 163. The van der Waals surface area contributed by atoms with Crippen molar-refractivity contribution < 1.29 is 67.7 Å². The molecule has 7 amide bonds. The summed E-state index contributed by atoms with van der Waals surface area (Å²) in [7, 11) is 7.02. The van der Waals surface area contributed by atoms with Crippen molar-refractivity contribution in [3.8, 4) is 0 Å². The van der Waals surface area contributed by atoms with Gasteiger partial charge < -0.3 is 65.5 Å². The highest BCUT2D eigenvalue weighted by Crippen LogP contribution is 2.32. The number of likely N-dealkylation sites (N-methyl/N-ethyl adjacent to an activating group) is 5. The number of ether oxygens (including phenoxy) is 1. The predicted molar refractivity (Wildman–Crippen MR) is 368 cm³/mol. The molecule has 0 bridgehead atoms. The van der Waals surface area contributed by atoms with E-state index in [2.05, 4.69) is 38.3 Å². The lowest BCUT2D eigenvalue weighted by atomic mass is 9.85. The Kier molecular flexibility index (Phi) is 34.6. The van der Waals surface area contributed by atoms with Crippen LogP contribution in [-0.2, 0) is 57.5 Å². The topological polar surface area (TPSA) is 331 Å². The van der Waals surface area contributed by atoms with Gasteiger partial charge in [-0.3, -0.25) is 58.6 Å². The Morgan fingerprint density at radius 2 is 1.32 bits per heavy atom. The van der Waals surface area contributed by atoms with Gasteiger partial charge in [-0.25, -0.2) is 0 Å². The zero-order valence-corrected chi connectivity index (χ0v) is 60.8. The molecule has 13 atom stereocenters. The molecule has 0 aliphatic carbocycles. The Labute approximate surface area is 572 Å². The summed E-state index contributed by atoms with van der Waals surface area (Å²) in [5.41, 5.74) is 1.72. The van der Waals surface area contributed by atoms with Crippen LogP contribution < -0.4 is 27.0 Å². The zero-order chi connectivity index (χ0) is 72.6. The number of nitrogens with two attached hydrogens (primary N) is 1. The van der Waals surface area contributed by atoms with Crippen molar-refractivity contribution in [2.75, 3.05) is 74.5 Å². The maximum absolute atomic E-state index is 15.2. The molecule has 8 N–H and O–H groups in total. The smallest absolute Gasteiger partial charge is 0.253 e. The van der Waals surface area contributed by atoms with E-state index in [4.69, 9.17) is 10.5 Å². The molecule has 3 rings (SSSR count). The van der Waals surface area contributed by atoms with Crippen LogP contribution in [0.2, 0.25) is 0 Å². The molecular weight excluding hydrogens is 1230 g/mol. The van der Waals surface area contributed by atoms with E-state index in [9.17, 15) is 53.4 Å². The van der Waals surface area contributed by atoms with Gasteiger partial charge in [0.1, 0.15) is 18.4 Å². The number of piperidine rings is 1. The largest absolute Gasteiger partial charge is 0.393 e. The second-order valence-electron chi connectivity index (χ2n) is 29.5. The van der Waals surface area contributed by atoms with Crippen LogP contribution in [0, 0.1) is 41.4 Å². The molecule has 13 unspecified atom stereocenters. The number of likely N-dealkylation sites (tertiary alicyclic amines) is 1. The third-order valence-corrected chi connectivity index (χ3v) is 19.0. The Bertz CT molecular complexity index is 2680. The molecule has 544 valence electrons. The van der Waals surface area contributed by atoms with Crippen LogP contribution in [0.4, 0.5) is 0 Å². The van der Waals surface area contributed by atoms with E-state index in [1.54, 1.807) is 13.8 Å². The normalized spacial score (nSPS) is 30.1. The first-order chi connectivity index (χ1) is 45.0. The SMILES string of the molecule is CCCC1NCC(C)CC(C=O)NC(C=O)(CC(C)C)N(C)C(=O)CN(C)C(=O)CC(O)CCC(CCN2CCC(c3ccccc3)CC2)CC(C(N)=O)CN(C)C(=O)C(C(C)O)N(C)C(=O)C(CC(C)C)NC(C=O)(CC(C)C)N(C)C(=O)C(C(C)C)OC(C)(C=O)NC1=O. The first-order valence-corrected chi connectivity index (χ1v) is 34.8. The molecule has 1 aromatic rings. The van der Waals surface area contributed by atoms with E-state index in [1.807, 2.05) is 73.6 Å². The lowest BCUT2D eigenvalue weighted by Gasteiger charge is -2.45. The molecular formula is C71H121N11O14. The monoisotopic (exact) mass is 1350 g/mol. The number of aliphatic hydroxyl groups excluding tert-OH is 2. The van der Waals surface area contributed by atoms with Gasteiger partial charge in [-0.2, -0.15) is 0 Å². The first kappa shape index (κ1) is 84.1. The maximum atomic E-state index is 15.2. The minimum Gasteiger partial charge on any atom is -0.393 e. The molecule has 2 heterocycles. The lowest BCUT2D eigenvalue weighted by molar-refractivity contribution is -0.176. The molecule has 0 aromatic heterocycles. The zero-order valence-electron chi connectivity index (χ0n) is 60.8. The number of aldehydes is 4. The fourth-order valence-electron chi connectivity index (χ4n) is 13.5. The third kappa shape index (κ3) is 25.0. The molecule has 96 heavy (non-hydrogen) atoms. The molecule has 2 aliphatic heterocycles. The van der Waals surface area contributed by atoms with Gasteiger partial charge in [0.05, 0.1) is 49.2 Å². The molecule has 1 aromatic carbocycles. The molecule has 0 spiro atoms. The summed E-state index contributed by atoms with van der Waals surface area (Å²) >= 11 is 0. The summed E-state index contributed by atoms with van der Waals surface area (Å²) < 4.78 is 6.35. The second kappa shape index (κ2) is 39.5. The number of nitrogens with zero attached hydrogens (tertiary/aromatic N) is 6. The third-order valence-electron chi connectivity index (χ3n) is 19.0. The van der Waals surface area contributed by atoms with Crippen LogP contribution in [0.3, 0.4) is 0 Å². The van der Waals surface area contributed by atoms with Crippen LogP contribution in [0.25, 0.3) is 0 Å². The van der Waals surface area contributed by atoms with Crippen LogP contribution in [0.1, 0.15) is 178 Å². The van der Waals surface area contributed by atoms with Gasteiger partial charge >= 0.3 is 0 Å². The number of primary amides is 1. The molecule has 0 radical (unpaired) electrons. The number of rotatable bonds is 19. The minimum atomic E-state index is -2.12. The highest BCUT2D eigenvalue weighted by molar-refractivity contribution is 5.92. The lowest BCUT2D eigenvalue weighted by Crippen LogP contribution is -2.69. The van der Waals surface area contributed by atoms with E-state index in [0.717, 1.165) is 35.7 Å². The highest BCUT2D eigenvalue weighted by Gasteiger charge is 2.48. The fraction of sp³-hybridized carbons (Fsp3) is 0.761. The molecule has 25 nitrogen and oxygen atoms in total. The molecule has 25 heteroatoms. The molecule has 2 aliphatic rings. The van der Waals surface area contributed by atoms with E-state index in [1.165, 1.54) is 69.3 Å². The quantitative estimate of drug-likeness (QED) is 0.0967. The Balaban J connectivity index is 2.21. The average molecular weight is 1350 g/mol. The van der Waals surface area contributed by atoms with Crippen molar-refractivity contribution in [1.82, 2.24) is 50.7 Å². The van der Waals surface area contributed by atoms with Gasteiger partial charge in [-0.15, -0.1) is 0 Å². The van der Waals surface area contributed by atoms with Crippen LogP contribution in [0.15, 0.2) is 30.3 Å². The number of hydrogen-bond acceptors (Lipinski definition) is 18. The number of aliphatic hydroxyl groups is 2. The predicted octanol–water partition coefficient (Wildman–Crippen LogP) is 3.85. The van der Waals surface area contributed by atoms with Gasteiger partial charge in [0.2, 0.25) is 35.4 Å². The standard InChI is InChI=1S/C71H121N11O14/c1-18-22-58-65(92)76-69(12,43-84)96-63(49(8)9)68(95)81(17)71(45-86,38-48(6)7)75-59(33-46(2)3)66(93)79(15)62(51(11)87)67(94)78(14)40-55(64(72)91)35-52(27-30-82-31-28-54(29-32-82)53-23-20-19-21-24-53)25-26-57(88)36-60(89)77(13)41-61(90)80(16)70(44-85,37-47(4)5)74-56(42-83)34-50(10)39-73-58/h19-21,23-24,42-52,54-59,62-63,73-75,87-88H,18,22,25-41H2,1-17H3,(H2,72,91)(H,76,92). The van der Waals surface area contributed by atoms with Crippen molar-refractivity contribution in [3.63, 3.8) is 0 Å². The van der Waals surface area contributed by atoms with E-state index < -0.39 is 119 Å².